The molecule has 0 radical (unpaired) electrons. The second kappa shape index (κ2) is 65.6. The normalized spacial score (nSPS) is 13.0. The summed E-state index contributed by atoms with van der Waals surface area (Å²) in [5.74, 6) is 2.33. The standard InChI is InChI=1S/3C25H36.C10H12.4C2H6/c1-20(2)12-10-13-21(3)14-11-15-22(4)23(5)18-19-24(6)25-16-8-7-9-17-25;1-21(2)13-11-15-23(4)17-12-16-22(3)14-9-10-18-24(5)25-19-7-6-8-20-25;1-6-24(17-11-15-22(4)14-10-13-21(2)3)18-12-16-23(5)25-19-8-7-9-20-25;1-3-9(2)10-7-5-4-6-8-10;4*1-2/h7-9,12,14,16-19,23-24H,4,10-11,13,15H2,1-3,5-6H3;6-8,10,13-14,17-20,24H,9,11-12,15-16H2,1-5H3;6-9,12-13,15-16,19-20,23H,10-11,14,17-18H2,1-5H3;3-9H,1H2,2H3;4*1-2H3/b19-18+,21-14+;18-10+,22-14?,23-17+;16-12+,22-15+,24-6?;;;;;. The van der Waals surface area contributed by atoms with Crippen LogP contribution in [0.4, 0.5) is 0 Å². The molecule has 0 fully saturated rings. The first-order chi connectivity index (χ1) is 44.7. The third-order valence-electron chi connectivity index (χ3n) is 15.4. The summed E-state index contributed by atoms with van der Waals surface area (Å²) in [6.07, 6.45) is 50.6. The first kappa shape index (κ1) is 92.9. The highest BCUT2D eigenvalue weighted by Crippen LogP contribution is 2.24. The van der Waals surface area contributed by atoms with Gasteiger partial charge >= 0.3 is 0 Å². The Labute approximate surface area is 580 Å². The molecule has 0 N–H and O–H groups in total. The quantitative estimate of drug-likeness (QED) is 0.0428. The molecule has 0 saturated carbocycles. The monoisotopic (exact) mass is 1260 g/mol. The van der Waals surface area contributed by atoms with Gasteiger partial charge in [-0.2, -0.15) is 0 Å². The molecule has 93 heavy (non-hydrogen) atoms. The van der Waals surface area contributed by atoms with Gasteiger partial charge in [0.25, 0.3) is 0 Å². The van der Waals surface area contributed by atoms with Crippen LogP contribution in [0.25, 0.3) is 0 Å². The maximum Gasteiger partial charge on any atom is -0.00102 e. The van der Waals surface area contributed by atoms with Crippen LogP contribution in [0, 0.1) is 5.92 Å². The summed E-state index contributed by atoms with van der Waals surface area (Å²) >= 11 is 0. The van der Waals surface area contributed by atoms with Gasteiger partial charge < -0.3 is 0 Å². The fourth-order valence-corrected chi connectivity index (χ4v) is 9.26. The number of benzene rings is 4. The topological polar surface area (TPSA) is 0 Å². The summed E-state index contributed by atoms with van der Waals surface area (Å²) in [5, 5.41) is 0. The summed E-state index contributed by atoms with van der Waals surface area (Å²) in [6.45, 7) is 59.4. The molecule has 0 aliphatic carbocycles. The first-order valence-corrected chi connectivity index (χ1v) is 36.4. The third-order valence-corrected chi connectivity index (χ3v) is 15.4. The Kier molecular flexibility index (Phi) is 65.5. The predicted octanol–water partition coefficient (Wildman–Crippen LogP) is 31.4. The van der Waals surface area contributed by atoms with E-state index in [1.54, 1.807) is 0 Å². The molecule has 0 spiro atoms. The Morgan fingerprint density at radius 2 is 0.634 bits per heavy atom. The van der Waals surface area contributed by atoms with E-state index < -0.39 is 0 Å². The molecule has 0 amide bonds. The molecular formula is C93H144. The summed E-state index contributed by atoms with van der Waals surface area (Å²) in [7, 11) is 0. The van der Waals surface area contributed by atoms with Gasteiger partial charge in [0.15, 0.2) is 0 Å². The average molecular weight is 1260 g/mol. The lowest BCUT2D eigenvalue weighted by atomic mass is 9.94. The maximum absolute atomic E-state index is 4.30. The Bertz CT molecular complexity index is 2720. The molecule has 516 valence electrons. The van der Waals surface area contributed by atoms with E-state index in [4.69, 9.17) is 0 Å². The minimum absolute atomic E-state index is 0.436. The van der Waals surface area contributed by atoms with Crippen LogP contribution in [0.2, 0.25) is 0 Å². The van der Waals surface area contributed by atoms with Gasteiger partial charge in [-0.25, -0.2) is 0 Å². The van der Waals surface area contributed by atoms with E-state index in [1.807, 2.05) is 67.5 Å². The molecule has 0 aliphatic heterocycles. The Morgan fingerprint density at radius 1 is 0.344 bits per heavy atom. The van der Waals surface area contributed by atoms with Gasteiger partial charge in [0, 0.05) is 0 Å². The maximum atomic E-state index is 4.30. The average Bonchev–Trinajstić information content (AvgIpc) is 3.55. The SMILES string of the molecule is C=C(CC/C=C(\C)CCC=C(C)C)C(C)/C=C/C(C)c1ccccc1.C=CC(C)c1ccccc1.CC.CC.CC.CC.CC(C)=CCC/C(C)=C/CCC(C)=CC/C=C/C(C)c1ccccc1.CC=C(C/C=C/C(C)c1ccccc1)CC/C=C(\C)CCC=C(C)C. The van der Waals surface area contributed by atoms with E-state index in [0.717, 1.165) is 44.9 Å². The third kappa shape index (κ3) is 55.6. The summed E-state index contributed by atoms with van der Waals surface area (Å²) < 4.78 is 0. The molecule has 0 nitrogen and oxygen atoms in total. The number of hydrogen-bond donors (Lipinski definition) is 0. The van der Waals surface area contributed by atoms with Gasteiger partial charge in [-0.15, -0.1) is 6.58 Å². The second-order valence-corrected chi connectivity index (χ2v) is 24.4. The van der Waals surface area contributed by atoms with Crippen molar-refractivity contribution in [3.8, 4) is 0 Å². The Balaban J connectivity index is -0.000000564. The van der Waals surface area contributed by atoms with Crippen molar-refractivity contribution in [3.63, 3.8) is 0 Å². The molecule has 5 unspecified atom stereocenters. The molecule has 4 aromatic rings. The van der Waals surface area contributed by atoms with E-state index in [2.05, 4.69) is 324 Å². The van der Waals surface area contributed by atoms with Gasteiger partial charge in [-0.05, 0) is 218 Å². The molecule has 0 aliphatic rings. The molecule has 0 heteroatoms. The number of rotatable bonds is 32. The lowest BCUT2D eigenvalue weighted by Gasteiger charge is -2.12. The molecule has 0 saturated heterocycles. The molecule has 4 rings (SSSR count). The van der Waals surface area contributed by atoms with Crippen molar-refractivity contribution in [2.45, 2.75) is 280 Å². The number of allylic oxidation sites excluding steroid dienone is 24. The van der Waals surface area contributed by atoms with E-state index in [9.17, 15) is 0 Å². The molecule has 0 bridgehead atoms. The van der Waals surface area contributed by atoms with Crippen molar-refractivity contribution in [2.24, 2.45) is 5.92 Å². The second-order valence-electron chi connectivity index (χ2n) is 24.4. The molecule has 0 aromatic heterocycles. The van der Waals surface area contributed by atoms with Crippen molar-refractivity contribution in [1.29, 1.82) is 0 Å². The molecular weight excluding hydrogens is 1120 g/mol. The zero-order chi connectivity index (χ0) is 71.0. The van der Waals surface area contributed by atoms with Crippen molar-refractivity contribution in [3.05, 3.63) is 298 Å². The van der Waals surface area contributed by atoms with E-state index in [0.29, 0.717) is 29.6 Å². The van der Waals surface area contributed by atoms with Crippen LogP contribution in [0.3, 0.4) is 0 Å². The van der Waals surface area contributed by atoms with Crippen LogP contribution < -0.4 is 0 Å². The zero-order valence-corrected chi connectivity index (χ0v) is 64.9. The van der Waals surface area contributed by atoms with Crippen LogP contribution in [0.5, 0.6) is 0 Å². The Hall–Kier alpha value is -6.50. The summed E-state index contributed by atoms with van der Waals surface area (Å²) in [5.41, 5.74) is 18.6. The minimum Gasteiger partial charge on any atom is -0.102 e. The number of hydrogen-bond acceptors (Lipinski definition) is 0. The zero-order valence-electron chi connectivity index (χ0n) is 64.9. The fourth-order valence-electron chi connectivity index (χ4n) is 9.26. The van der Waals surface area contributed by atoms with Crippen molar-refractivity contribution < 1.29 is 0 Å². The van der Waals surface area contributed by atoms with Gasteiger partial charge in [-0.1, -0.05) is 359 Å². The van der Waals surface area contributed by atoms with Crippen molar-refractivity contribution in [2.75, 3.05) is 0 Å². The van der Waals surface area contributed by atoms with Gasteiger partial charge in [0.05, 0.1) is 0 Å². The first-order valence-electron chi connectivity index (χ1n) is 36.4. The fraction of sp³-hybridized carbons (Fsp3) is 0.462. The smallest absolute Gasteiger partial charge is 0.00102 e. The summed E-state index contributed by atoms with van der Waals surface area (Å²) in [6, 6.07) is 42.4. The molecule has 0 heterocycles. The van der Waals surface area contributed by atoms with Gasteiger partial charge in [-0.3, -0.25) is 0 Å². The van der Waals surface area contributed by atoms with Crippen LogP contribution in [-0.4, -0.2) is 0 Å². The van der Waals surface area contributed by atoms with Gasteiger partial charge in [0.2, 0.25) is 0 Å². The van der Waals surface area contributed by atoms with E-state index in [-0.39, 0.29) is 0 Å². The van der Waals surface area contributed by atoms with Crippen LogP contribution >= 0.6 is 0 Å². The minimum atomic E-state index is 0.436. The van der Waals surface area contributed by atoms with Gasteiger partial charge in [0.1, 0.15) is 0 Å². The highest BCUT2D eigenvalue weighted by Gasteiger charge is 2.06. The van der Waals surface area contributed by atoms with E-state index in [1.165, 1.54) is 117 Å². The van der Waals surface area contributed by atoms with Crippen LogP contribution in [0.1, 0.15) is 302 Å². The lowest BCUT2D eigenvalue weighted by Crippen LogP contribution is -1.96. The van der Waals surface area contributed by atoms with Crippen LogP contribution in [0.15, 0.2) is 276 Å². The summed E-state index contributed by atoms with van der Waals surface area (Å²) in [4.78, 5) is 0. The highest BCUT2D eigenvalue weighted by molar-refractivity contribution is 5.27. The van der Waals surface area contributed by atoms with E-state index >= 15 is 0 Å². The van der Waals surface area contributed by atoms with Crippen LogP contribution in [-0.2, 0) is 0 Å². The largest absolute Gasteiger partial charge is 0.102 e. The molecule has 5 atom stereocenters. The lowest BCUT2D eigenvalue weighted by molar-refractivity contribution is 0.775. The van der Waals surface area contributed by atoms with Crippen molar-refractivity contribution >= 4 is 0 Å². The van der Waals surface area contributed by atoms with Crippen molar-refractivity contribution in [1.82, 2.24) is 0 Å². The predicted molar refractivity (Wildman–Crippen MR) is 432 cm³/mol. The highest BCUT2D eigenvalue weighted by atomic mass is 14.1. The molecule has 4 aromatic carbocycles. The Morgan fingerprint density at radius 3 is 0.968 bits per heavy atom.